The number of ketones is 1. The van der Waals surface area contributed by atoms with Crippen LogP contribution < -0.4 is 4.90 Å². The molecule has 3 heterocycles. The number of rotatable bonds is 8. The lowest BCUT2D eigenvalue weighted by Crippen LogP contribution is -2.43. The number of hydrogen-bond donors (Lipinski definition) is 0. The third-order valence-electron chi connectivity index (χ3n) is 6.07. The monoisotopic (exact) mass is 482 g/mol. The first-order valence-electron chi connectivity index (χ1n) is 11.0. The van der Waals surface area contributed by atoms with Crippen molar-refractivity contribution in [3.8, 4) is 0 Å². The number of carbonyl (C=O) groups is 2. The van der Waals surface area contributed by atoms with Crippen molar-refractivity contribution in [2.45, 2.75) is 56.9 Å². The summed E-state index contributed by atoms with van der Waals surface area (Å²) in [6.45, 7) is 0.784. The van der Waals surface area contributed by atoms with Gasteiger partial charge in [0.15, 0.2) is 17.4 Å². The standard InChI is InChI=1S/C23H23F5N4O2/c1-2-18(24)20-12-32(21-19(25)8-15(10-30-21)23(26,27)28)22(34)31(20)11-17(33)9-16-7-14(5-6-29-16)13-3-4-13/h5-8,10,13,18,20H,2-4,9,11-12H2,1H3/t18-,20+/m0/s1. The van der Waals surface area contributed by atoms with Crippen molar-refractivity contribution in [2.24, 2.45) is 0 Å². The minimum Gasteiger partial charge on any atom is -0.309 e. The van der Waals surface area contributed by atoms with E-state index in [1.54, 1.807) is 13.1 Å². The molecule has 0 N–H and O–H groups in total. The Morgan fingerprint density at radius 3 is 2.59 bits per heavy atom. The lowest BCUT2D eigenvalue weighted by atomic mass is 10.1. The van der Waals surface area contributed by atoms with E-state index in [-0.39, 0.29) is 31.2 Å². The lowest BCUT2D eigenvalue weighted by Gasteiger charge is -2.24. The first-order valence-corrected chi connectivity index (χ1v) is 11.0. The number of anilines is 1. The van der Waals surface area contributed by atoms with E-state index < -0.39 is 48.2 Å². The lowest BCUT2D eigenvalue weighted by molar-refractivity contribution is -0.138. The van der Waals surface area contributed by atoms with E-state index in [0.717, 1.165) is 28.2 Å². The van der Waals surface area contributed by atoms with Crippen LogP contribution in [0.25, 0.3) is 0 Å². The van der Waals surface area contributed by atoms with Crippen LogP contribution in [0.15, 0.2) is 30.6 Å². The second kappa shape index (κ2) is 9.27. The fraction of sp³-hybridized carbons (Fsp3) is 0.478. The highest BCUT2D eigenvalue weighted by atomic mass is 19.4. The summed E-state index contributed by atoms with van der Waals surface area (Å²) < 4.78 is 67.7. The number of amides is 2. The number of pyridine rings is 2. The summed E-state index contributed by atoms with van der Waals surface area (Å²) in [6.07, 6.45) is -2.15. The molecule has 1 aliphatic heterocycles. The highest BCUT2D eigenvalue weighted by Gasteiger charge is 2.44. The summed E-state index contributed by atoms with van der Waals surface area (Å²) in [5, 5.41) is 0. The van der Waals surface area contributed by atoms with E-state index in [4.69, 9.17) is 0 Å². The van der Waals surface area contributed by atoms with Gasteiger partial charge in [0.05, 0.1) is 31.1 Å². The highest BCUT2D eigenvalue weighted by Crippen LogP contribution is 2.40. The molecule has 0 bridgehead atoms. The predicted octanol–water partition coefficient (Wildman–Crippen LogP) is 4.68. The SMILES string of the molecule is CC[C@H](F)[C@H]1CN(c2ncc(C(F)(F)F)cc2F)C(=O)N1CC(=O)Cc1cc(C2CC2)ccn1. The van der Waals surface area contributed by atoms with Gasteiger partial charge in [0, 0.05) is 18.1 Å². The van der Waals surface area contributed by atoms with Gasteiger partial charge in [0.1, 0.15) is 6.17 Å². The van der Waals surface area contributed by atoms with E-state index >= 15 is 0 Å². The predicted molar refractivity (Wildman–Crippen MR) is 113 cm³/mol. The summed E-state index contributed by atoms with van der Waals surface area (Å²) in [6, 6.07) is 2.01. The number of aromatic nitrogens is 2. The number of carbonyl (C=O) groups excluding carboxylic acids is 2. The van der Waals surface area contributed by atoms with Crippen LogP contribution in [-0.2, 0) is 17.4 Å². The Bertz CT molecular complexity index is 1090. The second-order valence-electron chi connectivity index (χ2n) is 8.61. The van der Waals surface area contributed by atoms with Crippen molar-refractivity contribution in [3.63, 3.8) is 0 Å². The molecule has 11 heteroatoms. The van der Waals surface area contributed by atoms with Crippen LogP contribution in [0.5, 0.6) is 0 Å². The van der Waals surface area contributed by atoms with Gasteiger partial charge in [-0.1, -0.05) is 6.92 Å². The molecule has 2 aromatic rings. The van der Waals surface area contributed by atoms with Gasteiger partial charge in [0.2, 0.25) is 0 Å². The van der Waals surface area contributed by atoms with Gasteiger partial charge >= 0.3 is 12.2 Å². The maximum atomic E-state index is 14.7. The summed E-state index contributed by atoms with van der Waals surface area (Å²) in [7, 11) is 0. The second-order valence-corrected chi connectivity index (χ2v) is 8.61. The van der Waals surface area contributed by atoms with Crippen LogP contribution in [0, 0.1) is 5.82 Å². The van der Waals surface area contributed by atoms with E-state index in [9.17, 15) is 31.5 Å². The molecule has 6 nitrogen and oxygen atoms in total. The maximum absolute atomic E-state index is 14.7. The Morgan fingerprint density at radius 2 is 1.97 bits per heavy atom. The van der Waals surface area contributed by atoms with E-state index in [1.165, 1.54) is 0 Å². The fourth-order valence-electron chi connectivity index (χ4n) is 4.10. The minimum absolute atomic E-state index is 0.0321. The fourth-order valence-corrected chi connectivity index (χ4v) is 4.10. The van der Waals surface area contributed by atoms with Gasteiger partial charge < -0.3 is 4.90 Å². The number of hydrogen-bond acceptors (Lipinski definition) is 4. The van der Waals surface area contributed by atoms with Gasteiger partial charge in [-0.15, -0.1) is 0 Å². The summed E-state index contributed by atoms with van der Waals surface area (Å²) in [5.41, 5.74) is 0.330. The zero-order chi connectivity index (χ0) is 24.6. The molecule has 2 atom stereocenters. The molecule has 1 saturated carbocycles. The van der Waals surface area contributed by atoms with Crippen molar-refractivity contribution in [3.05, 3.63) is 53.2 Å². The van der Waals surface area contributed by atoms with Gasteiger partial charge in [-0.05, 0) is 48.9 Å². The number of Topliss-reactive ketones (excluding diaryl/α,β-unsaturated/α-hetero) is 1. The van der Waals surface area contributed by atoms with Gasteiger partial charge in [-0.3, -0.25) is 14.7 Å². The smallest absolute Gasteiger partial charge is 0.309 e. The molecule has 0 unspecified atom stereocenters. The Kier molecular flexibility index (Phi) is 6.55. The zero-order valence-corrected chi connectivity index (χ0v) is 18.4. The van der Waals surface area contributed by atoms with E-state index in [2.05, 4.69) is 9.97 Å². The topological polar surface area (TPSA) is 66.4 Å². The molecule has 1 aliphatic carbocycles. The molecule has 1 saturated heterocycles. The first-order chi connectivity index (χ1) is 16.1. The third-order valence-corrected chi connectivity index (χ3v) is 6.07. The average Bonchev–Trinajstić information content (AvgIpc) is 3.59. The van der Waals surface area contributed by atoms with Gasteiger partial charge in [-0.25, -0.2) is 18.6 Å². The number of urea groups is 1. The molecule has 2 amide bonds. The average molecular weight is 482 g/mol. The summed E-state index contributed by atoms with van der Waals surface area (Å²) in [4.78, 5) is 35.2. The van der Waals surface area contributed by atoms with Crippen LogP contribution in [-0.4, -0.2) is 52.0 Å². The summed E-state index contributed by atoms with van der Waals surface area (Å²) >= 11 is 0. The van der Waals surface area contributed by atoms with Crippen LogP contribution in [0.3, 0.4) is 0 Å². The minimum atomic E-state index is -4.81. The molecule has 0 radical (unpaired) electrons. The number of halogens is 5. The zero-order valence-electron chi connectivity index (χ0n) is 18.4. The molecule has 0 aromatic carbocycles. The van der Waals surface area contributed by atoms with Crippen LogP contribution in [0.2, 0.25) is 0 Å². The van der Waals surface area contributed by atoms with Crippen molar-refractivity contribution in [1.82, 2.24) is 14.9 Å². The van der Waals surface area contributed by atoms with Crippen molar-refractivity contribution >= 4 is 17.6 Å². The first kappa shape index (κ1) is 24.0. The number of alkyl halides is 4. The van der Waals surface area contributed by atoms with E-state index in [0.29, 0.717) is 17.8 Å². The molecule has 2 aliphatic rings. The van der Waals surface area contributed by atoms with Gasteiger partial charge in [-0.2, -0.15) is 13.2 Å². The van der Waals surface area contributed by atoms with Crippen LogP contribution in [0.4, 0.5) is 32.6 Å². The molecule has 182 valence electrons. The third kappa shape index (κ3) is 5.02. The Labute approximate surface area is 192 Å². The van der Waals surface area contributed by atoms with Crippen LogP contribution in [0.1, 0.15) is 48.9 Å². The summed E-state index contributed by atoms with van der Waals surface area (Å²) in [5.74, 6) is -1.91. The van der Waals surface area contributed by atoms with Crippen molar-refractivity contribution < 1.29 is 31.5 Å². The Hall–Kier alpha value is -3.11. The van der Waals surface area contributed by atoms with Crippen molar-refractivity contribution in [1.29, 1.82) is 0 Å². The molecule has 0 spiro atoms. The maximum Gasteiger partial charge on any atom is 0.417 e. The molecule has 34 heavy (non-hydrogen) atoms. The quantitative estimate of drug-likeness (QED) is 0.513. The highest BCUT2D eigenvalue weighted by molar-refractivity contribution is 5.97. The largest absolute Gasteiger partial charge is 0.417 e. The normalized spacial score (nSPS) is 19.6. The van der Waals surface area contributed by atoms with Crippen LogP contribution >= 0.6 is 0 Å². The molecular weight excluding hydrogens is 459 g/mol. The van der Waals surface area contributed by atoms with Gasteiger partial charge in [0.25, 0.3) is 0 Å². The molecule has 2 fully saturated rings. The van der Waals surface area contributed by atoms with Crippen molar-refractivity contribution in [2.75, 3.05) is 18.0 Å². The molecular formula is C23H23F5N4O2. The number of nitrogens with zero attached hydrogens (tertiary/aromatic N) is 4. The Morgan fingerprint density at radius 1 is 1.24 bits per heavy atom. The molecule has 4 rings (SSSR count). The molecule has 2 aromatic heterocycles. The Balaban J connectivity index is 1.52. The van der Waals surface area contributed by atoms with E-state index in [1.807, 2.05) is 12.1 Å².